The van der Waals surface area contributed by atoms with Crippen LogP contribution >= 0.6 is 11.6 Å². The van der Waals surface area contributed by atoms with Crippen molar-refractivity contribution in [3.05, 3.63) is 58.9 Å². The van der Waals surface area contributed by atoms with Crippen LogP contribution in [0.2, 0.25) is 5.02 Å². The highest BCUT2D eigenvalue weighted by Gasteiger charge is 2.21. The molecule has 154 valence electrons. The van der Waals surface area contributed by atoms with Gasteiger partial charge in [-0.05, 0) is 49.1 Å². The molecule has 0 bridgehead atoms. The summed E-state index contributed by atoms with van der Waals surface area (Å²) in [7, 11) is 0. The van der Waals surface area contributed by atoms with Gasteiger partial charge in [0.15, 0.2) is 0 Å². The zero-order valence-electron chi connectivity index (χ0n) is 16.7. The van der Waals surface area contributed by atoms with E-state index in [0.717, 1.165) is 59.7 Å². The van der Waals surface area contributed by atoms with Gasteiger partial charge in [-0.1, -0.05) is 17.7 Å². The molecule has 1 amide bonds. The van der Waals surface area contributed by atoms with Gasteiger partial charge in [0, 0.05) is 54.2 Å². The lowest BCUT2D eigenvalue weighted by Crippen LogP contribution is -2.23. The van der Waals surface area contributed by atoms with Gasteiger partial charge in [0.2, 0.25) is 11.9 Å². The maximum absolute atomic E-state index is 11.0. The molecule has 3 aromatic rings. The number of halogens is 1. The topological polar surface area (TPSA) is 91.8 Å². The second kappa shape index (κ2) is 9.09. The zero-order valence-corrected chi connectivity index (χ0v) is 17.5. The SMILES string of the molecule is CC(=O)NCCCNc1nccc2c1CCc1cnc(Nc3cccc(Cl)c3)nc1-2. The molecule has 1 aromatic carbocycles. The summed E-state index contributed by atoms with van der Waals surface area (Å²) in [6, 6.07) is 9.48. The van der Waals surface area contributed by atoms with Gasteiger partial charge in [-0.3, -0.25) is 4.79 Å². The van der Waals surface area contributed by atoms with Crippen molar-refractivity contribution in [1.82, 2.24) is 20.3 Å². The van der Waals surface area contributed by atoms with Gasteiger partial charge < -0.3 is 16.0 Å². The smallest absolute Gasteiger partial charge is 0.227 e. The number of fused-ring (bicyclic) bond motifs is 3. The number of hydrogen-bond acceptors (Lipinski definition) is 6. The summed E-state index contributed by atoms with van der Waals surface area (Å²) in [5.74, 6) is 1.40. The molecule has 0 unspecified atom stereocenters. The second-order valence-corrected chi connectivity index (χ2v) is 7.59. The Hall–Kier alpha value is -3.19. The average molecular weight is 423 g/mol. The highest BCUT2D eigenvalue weighted by Crippen LogP contribution is 2.35. The molecule has 0 atom stereocenters. The third-order valence-electron chi connectivity index (χ3n) is 4.92. The number of aryl methyl sites for hydroxylation is 1. The monoisotopic (exact) mass is 422 g/mol. The third-order valence-corrected chi connectivity index (χ3v) is 5.16. The Balaban J connectivity index is 1.53. The first-order valence-corrected chi connectivity index (χ1v) is 10.3. The molecule has 1 aliphatic carbocycles. The van der Waals surface area contributed by atoms with E-state index in [9.17, 15) is 4.79 Å². The van der Waals surface area contributed by atoms with Crippen LogP contribution < -0.4 is 16.0 Å². The van der Waals surface area contributed by atoms with Gasteiger partial charge >= 0.3 is 0 Å². The molecule has 0 radical (unpaired) electrons. The van der Waals surface area contributed by atoms with Crippen LogP contribution in [-0.4, -0.2) is 33.9 Å². The van der Waals surface area contributed by atoms with Crippen molar-refractivity contribution < 1.29 is 4.79 Å². The molecular weight excluding hydrogens is 400 g/mol. The molecule has 4 rings (SSSR count). The molecule has 0 aliphatic heterocycles. The number of carbonyl (C=O) groups is 1. The second-order valence-electron chi connectivity index (χ2n) is 7.15. The first-order chi connectivity index (χ1) is 14.6. The van der Waals surface area contributed by atoms with E-state index in [1.54, 1.807) is 6.20 Å². The minimum atomic E-state index is -0.0105. The van der Waals surface area contributed by atoms with Gasteiger partial charge in [0.25, 0.3) is 0 Å². The summed E-state index contributed by atoms with van der Waals surface area (Å²) in [6.45, 7) is 2.91. The Morgan fingerprint density at radius 3 is 2.90 bits per heavy atom. The van der Waals surface area contributed by atoms with E-state index >= 15 is 0 Å². The van der Waals surface area contributed by atoms with Gasteiger partial charge in [-0.25, -0.2) is 15.0 Å². The number of carbonyl (C=O) groups excluding carboxylic acids is 1. The number of anilines is 3. The Labute approximate surface area is 180 Å². The molecule has 8 heteroatoms. The first kappa shape index (κ1) is 20.1. The van der Waals surface area contributed by atoms with E-state index in [1.807, 2.05) is 36.5 Å². The summed E-state index contributed by atoms with van der Waals surface area (Å²) in [4.78, 5) is 24.7. The number of nitrogens with one attached hydrogen (secondary N) is 3. The van der Waals surface area contributed by atoms with Crippen molar-refractivity contribution in [2.75, 3.05) is 23.7 Å². The summed E-state index contributed by atoms with van der Waals surface area (Å²) >= 11 is 6.07. The molecular formula is C22H23ClN6O. The van der Waals surface area contributed by atoms with Crippen LogP contribution in [0.4, 0.5) is 17.5 Å². The van der Waals surface area contributed by atoms with Crippen LogP contribution in [0.25, 0.3) is 11.3 Å². The largest absolute Gasteiger partial charge is 0.370 e. The Morgan fingerprint density at radius 2 is 2.07 bits per heavy atom. The van der Waals surface area contributed by atoms with Crippen molar-refractivity contribution in [3.63, 3.8) is 0 Å². The number of aromatic nitrogens is 3. The summed E-state index contributed by atoms with van der Waals surface area (Å²) in [6.07, 6.45) is 6.27. The maximum Gasteiger partial charge on any atom is 0.227 e. The zero-order chi connectivity index (χ0) is 20.9. The van der Waals surface area contributed by atoms with Crippen LogP contribution in [0, 0.1) is 0 Å². The molecule has 0 saturated carbocycles. The van der Waals surface area contributed by atoms with Crippen molar-refractivity contribution >= 4 is 35.0 Å². The van der Waals surface area contributed by atoms with E-state index < -0.39 is 0 Å². The minimum absolute atomic E-state index is 0.0105. The van der Waals surface area contributed by atoms with E-state index in [0.29, 0.717) is 17.5 Å². The average Bonchev–Trinajstić information content (AvgIpc) is 2.73. The number of nitrogens with zero attached hydrogens (tertiary/aromatic N) is 3. The highest BCUT2D eigenvalue weighted by molar-refractivity contribution is 6.30. The molecule has 0 saturated heterocycles. The molecule has 7 nitrogen and oxygen atoms in total. The molecule has 3 N–H and O–H groups in total. The van der Waals surface area contributed by atoms with Gasteiger partial charge in [0.1, 0.15) is 5.82 Å². The Bertz CT molecular complexity index is 1070. The molecule has 1 aliphatic rings. The van der Waals surface area contributed by atoms with Crippen molar-refractivity contribution in [3.8, 4) is 11.3 Å². The number of amides is 1. The molecule has 2 aromatic heterocycles. The van der Waals surface area contributed by atoms with Crippen molar-refractivity contribution in [2.24, 2.45) is 0 Å². The minimum Gasteiger partial charge on any atom is -0.370 e. The van der Waals surface area contributed by atoms with Gasteiger partial charge in [0.05, 0.1) is 5.69 Å². The molecule has 2 heterocycles. The maximum atomic E-state index is 11.0. The van der Waals surface area contributed by atoms with E-state index in [4.69, 9.17) is 16.6 Å². The standard InChI is InChI=1S/C22H23ClN6O/c1-14(30)24-9-3-10-25-21-19-7-6-15-13-27-22(28-17-5-2-4-16(23)12-17)29-20(15)18(19)8-11-26-21/h2,4-5,8,11-13H,3,6-7,9-10H2,1H3,(H,24,30)(H,25,26)(H,27,28,29). The van der Waals surface area contributed by atoms with Crippen LogP contribution in [-0.2, 0) is 17.6 Å². The fourth-order valence-electron chi connectivity index (χ4n) is 3.52. The van der Waals surface area contributed by atoms with Crippen LogP contribution in [0.3, 0.4) is 0 Å². The number of pyridine rings is 1. The van der Waals surface area contributed by atoms with E-state index in [-0.39, 0.29) is 5.91 Å². The van der Waals surface area contributed by atoms with Gasteiger partial charge in [-0.15, -0.1) is 0 Å². The number of benzene rings is 1. The number of rotatable bonds is 7. The Morgan fingerprint density at radius 1 is 1.17 bits per heavy atom. The van der Waals surface area contributed by atoms with Crippen LogP contribution in [0.5, 0.6) is 0 Å². The lowest BCUT2D eigenvalue weighted by atomic mass is 9.90. The molecule has 0 fully saturated rings. The fourth-order valence-corrected chi connectivity index (χ4v) is 3.71. The first-order valence-electron chi connectivity index (χ1n) is 9.95. The predicted octanol–water partition coefficient (Wildman–Crippen LogP) is 3.97. The van der Waals surface area contributed by atoms with E-state index in [1.165, 1.54) is 6.92 Å². The van der Waals surface area contributed by atoms with Crippen LogP contribution in [0.15, 0.2) is 42.7 Å². The predicted molar refractivity (Wildman–Crippen MR) is 119 cm³/mol. The van der Waals surface area contributed by atoms with Gasteiger partial charge in [-0.2, -0.15) is 0 Å². The quantitative estimate of drug-likeness (QED) is 0.499. The summed E-state index contributed by atoms with van der Waals surface area (Å²) in [5.41, 5.74) is 5.14. The fraction of sp³-hybridized carbons (Fsp3) is 0.273. The lowest BCUT2D eigenvalue weighted by molar-refractivity contribution is -0.118. The normalized spacial score (nSPS) is 11.9. The van der Waals surface area contributed by atoms with Crippen molar-refractivity contribution in [1.29, 1.82) is 0 Å². The molecule has 0 spiro atoms. The molecule has 30 heavy (non-hydrogen) atoms. The van der Waals surface area contributed by atoms with E-state index in [2.05, 4.69) is 25.9 Å². The number of hydrogen-bond donors (Lipinski definition) is 3. The Kier molecular flexibility index (Phi) is 6.09. The highest BCUT2D eigenvalue weighted by atomic mass is 35.5. The summed E-state index contributed by atoms with van der Waals surface area (Å²) in [5, 5.41) is 10.1. The van der Waals surface area contributed by atoms with Crippen LogP contribution in [0.1, 0.15) is 24.5 Å². The third kappa shape index (κ3) is 4.68. The van der Waals surface area contributed by atoms with Crippen molar-refractivity contribution in [2.45, 2.75) is 26.2 Å². The summed E-state index contributed by atoms with van der Waals surface area (Å²) < 4.78 is 0. The lowest BCUT2D eigenvalue weighted by Gasteiger charge is -2.21.